The second kappa shape index (κ2) is 5.80. The number of methoxy groups -OCH3 is 1. The van der Waals surface area contributed by atoms with Gasteiger partial charge in [0.2, 0.25) is 10.0 Å². The molecule has 6 nitrogen and oxygen atoms in total. The number of esters is 1. The van der Waals surface area contributed by atoms with Crippen molar-refractivity contribution in [3.8, 4) is 0 Å². The molecule has 1 aromatic rings. The molecular weight excluding hydrogens is 280 g/mol. The highest BCUT2D eigenvalue weighted by atomic mass is 32.2. The number of carbonyl (C=O) groups is 1. The first-order valence-electron chi connectivity index (χ1n) is 6.38. The number of sulfonamides is 1. The predicted molar refractivity (Wildman–Crippen MR) is 74.4 cm³/mol. The molecule has 2 N–H and O–H groups in total. The van der Waals surface area contributed by atoms with Crippen LogP contribution in [0.15, 0.2) is 29.2 Å². The van der Waals surface area contributed by atoms with E-state index in [2.05, 4.69) is 4.74 Å². The zero-order chi connectivity index (χ0) is 14.8. The molecule has 20 heavy (non-hydrogen) atoms. The van der Waals surface area contributed by atoms with Crippen LogP contribution >= 0.6 is 0 Å². The zero-order valence-electron chi connectivity index (χ0n) is 11.3. The highest BCUT2D eigenvalue weighted by molar-refractivity contribution is 7.89. The van der Waals surface area contributed by atoms with Crippen molar-refractivity contribution in [3.05, 3.63) is 24.3 Å². The normalized spacial score (nSPS) is 17.9. The minimum atomic E-state index is -3.54. The van der Waals surface area contributed by atoms with E-state index in [1.165, 1.54) is 23.5 Å². The number of hydrogen-bond donors (Lipinski definition) is 1. The third-order valence-corrected chi connectivity index (χ3v) is 5.38. The van der Waals surface area contributed by atoms with Crippen LogP contribution in [0.4, 0.5) is 5.69 Å². The minimum absolute atomic E-state index is 0.189. The zero-order valence-corrected chi connectivity index (χ0v) is 12.1. The average molecular weight is 298 g/mol. The predicted octanol–water partition coefficient (Wildman–Crippen LogP) is 0.842. The molecule has 0 atom stereocenters. The van der Waals surface area contributed by atoms with E-state index >= 15 is 0 Å². The molecule has 2 rings (SSSR count). The summed E-state index contributed by atoms with van der Waals surface area (Å²) >= 11 is 0. The first kappa shape index (κ1) is 14.8. The minimum Gasteiger partial charge on any atom is -0.469 e. The van der Waals surface area contributed by atoms with Crippen molar-refractivity contribution in [1.29, 1.82) is 0 Å². The van der Waals surface area contributed by atoms with Crippen LogP contribution in [0.25, 0.3) is 0 Å². The lowest BCUT2D eigenvalue weighted by Crippen LogP contribution is -2.40. The summed E-state index contributed by atoms with van der Waals surface area (Å²) in [7, 11) is -2.19. The van der Waals surface area contributed by atoms with E-state index < -0.39 is 10.0 Å². The van der Waals surface area contributed by atoms with E-state index in [0.717, 1.165) is 0 Å². The third kappa shape index (κ3) is 2.94. The van der Waals surface area contributed by atoms with Crippen molar-refractivity contribution < 1.29 is 17.9 Å². The summed E-state index contributed by atoms with van der Waals surface area (Å²) < 4.78 is 31.0. The van der Waals surface area contributed by atoms with Gasteiger partial charge in [0.15, 0.2) is 0 Å². The number of ether oxygens (including phenoxy) is 1. The number of anilines is 1. The van der Waals surface area contributed by atoms with Crippen molar-refractivity contribution >= 4 is 21.7 Å². The molecule has 0 amide bonds. The summed E-state index contributed by atoms with van der Waals surface area (Å²) in [5.74, 6) is -0.488. The summed E-state index contributed by atoms with van der Waals surface area (Å²) in [5.41, 5.74) is 6.03. The van der Waals surface area contributed by atoms with Crippen molar-refractivity contribution in [3.63, 3.8) is 0 Å². The largest absolute Gasteiger partial charge is 0.469 e. The lowest BCUT2D eigenvalue weighted by atomic mass is 9.99. The van der Waals surface area contributed by atoms with Crippen LogP contribution in [0.5, 0.6) is 0 Å². The summed E-state index contributed by atoms with van der Waals surface area (Å²) in [6, 6.07) is 6.23. The van der Waals surface area contributed by atoms with Gasteiger partial charge in [-0.3, -0.25) is 4.79 Å². The van der Waals surface area contributed by atoms with E-state index in [1.807, 2.05) is 0 Å². The molecule has 1 aliphatic heterocycles. The van der Waals surface area contributed by atoms with Gasteiger partial charge in [0, 0.05) is 18.8 Å². The Labute approximate surface area is 118 Å². The number of hydrogen-bond acceptors (Lipinski definition) is 5. The highest BCUT2D eigenvalue weighted by Gasteiger charge is 2.32. The number of nitrogen functional groups attached to an aromatic ring is 1. The standard InChI is InChI=1S/C13H18N2O4S/c1-19-13(16)10-5-7-15(8-6-10)20(17,18)12-4-2-3-11(14)9-12/h2-4,9-10H,5-8,14H2,1H3. The van der Waals surface area contributed by atoms with Crippen molar-refractivity contribution in [1.82, 2.24) is 4.31 Å². The second-order valence-corrected chi connectivity index (χ2v) is 6.71. The van der Waals surface area contributed by atoms with Crippen molar-refractivity contribution in [2.24, 2.45) is 5.92 Å². The Bertz CT molecular complexity index is 592. The van der Waals surface area contributed by atoms with Gasteiger partial charge in [-0.2, -0.15) is 4.31 Å². The average Bonchev–Trinajstić information content (AvgIpc) is 2.46. The maximum Gasteiger partial charge on any atom is 0.308 e. The molecule has 0 aromatic heterocycles. The van der Waals surface area contributed by atoms with Crippen molar-refractivity contribution in [2.45, 2.75) is 17.7 Å². The molecular formula is C13H18N2O4S. The van der Waals surface area contributed by atoms with Gasteiger partial charge >= 0.3 is 5.97 Å². The van der Waals surface area contributed by atoms with Crippen molar-refractivity contribution in [2.75, 3.05) is 25.9 Å². The molecule has 1 aliphatic rings. The molecule has 0 aliphatic carbocycles. The fourth-order valence-corrected chi connectivity index (χ4v) is 3.85. The molecule has 7 heteroatoms. The van der Waals surface area contributed by atoms with Crippen LogP contribution in [-0.4, -0.2) is 38.9 Å². The van der Waals surface area contributed by atoms with Crippen LogP contribution in [0, 0.1) is 5.92 Å². The Hall–Kier alpha value is -1.60. The first-order valence-corrected chi connectivity index (χ1v) is 7.82. The molecule has 0 bridgehead atoms. The van der Waals surface area contributed by atoms with Gasteiger partial charge < -0.3 is 10.5 Å². The van der Waals surface area contributed by atoms with Gasteiger partial charge in [0.1, 0.15) is 0 Å². The Morgan fingerprint density at radius 2 is 2.00 bits per heavy atom. The van der Waals surface area contributed by atoms with Gasteiger partial charge in [0.25, 0.3) is 0 Å². The Kier molecular flexibility index (Phi) is 4.29. The molecule has 0 saturated carbocycles. The Morgan fingerprint density at radius 1 is 1.35 bits per heavy atom. The SMILES string of the molecule is COC(=O)C1CCN(S(=O)(=O)c2cccc(N)c2)CC1. The van der Waals surface area contributed by atoms with Gasteiger partial charge in [0.05, 0.1) is 17.9 Å². The van der Waals surface area contributed by atoms with E-state index in [0.29, 0.717) is 31.6 Å². The summed E-state index contributed by atoms with van der Waals surface area (Å²) in [6.45, 7) is 0.633. The monoisotopic (exact) mass is 298 g/mol. The Morgan fingerprint density at radius 3 is 2.55 bits per heavy atom. The summed E-state index contributed by atoms with van der Waals surface area (Å²) in [6.07, 6.45) is 0.961. The lowest BCUT2D eigenvalue weighted by molar-refractivity contribution is -0.146. The van der Waals surface area contributed by atoms with Gasteiger partial charge in [-0.15, -0.1) is 0 Å². The van der Waals surface area contributed by atoms with Gasteiger partial charge in [-0.1, -0.05) is 6.07 Å². The van der Waals surface area contributed by atoms with Crippen LogP contribution in [0.1, 0.15) is 12.8 Å². The lowest BCUT2D eigenvalue weighted by Gasteiger charge is -2.29. The number of nitrogens with two attached hydrogens (primary N) is 1. The number of benzene rings is 1. The second-order valence-electron chi connectivity index (χ2n) is 4.77. The van der Waals surface area contributed by atoms with Crippen LogP contribution in [-0.2, 0) is 19.6 Å². The number of piperidine rings is 1. The molecule has 1 saturated heterocycles. The molecule has 1 heterocycles. The summed E-state index contributed by atoms with van der Waals surface area (Å²) in [5, 5.41) is 0. The summed E-state index contributed by atoms with van der Waals surface area (Å²) in [4.78, 5) is 11.6. The molecule has 0 spiro atoms. The molecule has 1 aromatic carbocycles. The third-order valence-electron chi connectivity index (χ3n) is 3.48. The van der Waals surface area contributed by atoms with E-state index in [4.69, 9.17) is 5.73 Å². The van der Waals surface area contributed by atoms with E-state index in [9.17, 15) is 13.2 Å². The smallest absolute Gasteiger partial charge is 0.308 e. The number of carbonyl (C=O) groups excluding carboxylic acids is 1. The first-order chi connectivity index (χ1) is 9.45. The quantitative estimate of drug-likeness (QED) is 0.660. The van der Waals surface area contributed by atoms with E-state index in [1.54, 1.807) is 12.1 Å². The Balaban J connectivity index is 2.11. The maximum absolute atomic E-state index is 12.4. The molecule has 110 valence electrons. The maximum atomic E-state index is 12.4. The fourth-order valence-electron chi connectivity index (χ4n) is 2.32. The fraction of sp³-hybridized carbons (Fsp3) is 0.462. The topological polar surface area (TPSA) is 89.7 Å². The van der Waals surface area contributed by atoms with Gasteiger partial charge in [-0.05, 0) is 31.0 Å². The van der Waals surface area contributed by atoms with E-state index in [-0.39, 0.29) is 16.8 Å². The number of rotatable bonds is 3. The molecule has 0 radical (unpaired) electrons. The molecule has 1 fully saturated rings. The van der Waals surface area contributed by atoms with Gasteiger partial charge in [-0.25, -0.2) is 8.42 Å². The highest BCUT2D eigenvalue weighted by Crippen LogP contribution is 2.25. The van der Waals surface area contributed by atoms with Crippen LogP contribution in [0.3, 0.4) is 0 Å². The van der Waals surface area contributed by atoms with Crippen LogP contribution in [0.2, 0.25) is 0 Å². The van der Waals surface area contributed by atoms with Crippen LogP contribution < -0.4 is 5.73 Å². The number of nitrogens with zero attached hydrogens (tertiary/aromatic N) is 1. The molecule has 0 unspecified atom stereocenters.